The van der Waals surface area contributed by atoms with Crippen LogP contribution in [0, 0.1) is 17.0 Å². The van der Waals surface area contributed by atoms with Crippen molar-refractivity contribution in [3.63, 3.8) is 0 Å². The van der Waals surface area contributed by atoms with Crippen LogP contribution < -0.4 is 14.8 Å². The topological polar surface area (TPSA) is 111 Å². The van der Waals surface area contributed by atoms with E-state index in [2.05, 4.69) is 10.0 Å². The molecular weight excluding hydrogens is 394 g/mol. The van der Waals surface area contributed by atoms with E-state index in [0.717, 1.165) is 23.4 Å². The molecule has 0 aliphatic carbocycles. The number of nitrogens with zero attached hydrogens (tertiary/aromatic N) is 1. The SMILES string of the molecule is COc1ccc(S(=O)(=O)Nc2ccccc2Nc2ccc(C)cc2)c([N+](=O)[O-])c1. The van der Waals surface area contributed by atoms with E-state index in [4.69, 9.17) is 4.74 Å². The zero-order valence-corrected chi connectivity index (χ0v) is 16.6. The summed E-state index contributed by atoms with van der Waals surface area (Å²) in [7, 11) is -2.88. The number of aryl methyl sites for hydroxylation is 1. The molecule has 8 nitrogen and oxygen atoms in total. The lowest BCUT2D eigenvalue weighted by molar-refractivity contribution is -0.387. The first-order valence-corrected chi connectivity index (χ1v) is 10.1. The van der Waals surface area contributed by atoms with Crippen molar-refractivity contribution in [1.29, 1.82) is 0 Å². The molecule has 29 heavy (non-hydrogen) atoms. The lowest BCUT2D eigenvalue weighted by atomic mass is 10.2. The van der Waals surface area contributed by atoms with Gasteiger partial charge in [0.2, 0.25) is 0 Å². The third-order valence-electron chi connectivity index (χ3n) is 4.15. The molecule has 3 aromatic rings. The predicted octanol–water partition coefficient (Wildman–Crippen LogP) is 4.46. The Balaban J connectivity index is 1.96. The van der Waals surface area contributed by atoms with Crippen LogP contribution in [0.1, 0.15) is 5.56 Å². The fourth-order valence-corrected chi connectivity index (χ4v) is 3.90. The summed E-state index contributed by atoms with van der Waals surface area (Å²) in [6, 6.07) is 17.9. The summed E-state index contributed by atoms with van der Waals surface area (Å²) < 4.78 is 33.2. The van der Waals surface area contributed by atoms with E-state index in [9.17, 15) is 18.5 Å². The second kappa shape index (κ2) is 8.19. The summed E-state index contributed by atoms with van der Waals surface area (Å²) in [6.07, 6.45) is 0. The monoisotopic (exact) mass is 413 g/mol. The lowest BCUT2D eigenvalue weighted by Crippen LogP contribution is -2.15. The van der Waals surface area contributed by atoms with Gasteiger partial charge >= 0.3 is 0 Å². The third kappa shape index (κ3) is 4.64. The van der Waals surface area contributed by atoms with Crippen LogP contribution in [0.2, 0.25) is 0 Å². The number of ether oxygens (including phenoxy) is 1. The lowest BCUT2D eigenvalue weighted by Gasteiger charge is -2.15. The number of hydrogen-bond acceptors (Lipinski definition) is 6. The first kappa shape index (κ1) is 20.2. The van der Waals surface area contributed by atoms with E-state index in [1.54, 1.807) is 24.3 Å². The Labute approximate surface area is 168 Å². The Morgan fingerprint density at radius 3 is 2.24 bits per heavy atom. The van der Waals surface area contributed by atoms with Crippen LogP contribution in [0.15, 0.2) is 71.6 Å². The van der Waals surface area contributed by atoms with Crippen molar-refractivity contribution in [3.8, 4) is 5.75 Å². The summed E-state index contributed by atoms with van der Waals surface area (Å²) in [5.74, 6) is 0.192. The van der Waals surface area contributed by atoms with Crippen LogP contribution in [0.3, 0.4) is 0 Å². The van der Waals surface area contributed by atoms with Crippen LogP contribution in [0.4, 0.5) is 22.7 Å². The molecular formula is C20H19N3O5S. The Kier molecular flexibility index (Phi) is 5.69. The van der Waals surface area contributed by atoms with Gasteiger partial charge in [0, 0.05) is 5.69 Å². The smallest absolute Gasteiger partial charge is 0.293 e. The minimum absolute atomic E-state index is 0.192. The minimum Gasteiger partial charge on any atom is -0.497 e. The van der Waals surface area contributed by atoms with E-state index in [0.29, 0.717) is 5.69 Å². The van der Waals surface area contributed by atoms with E-state index in [1.807, 2.05) is 31.2 Å². The number of hydrogen-bond donors (Lipinski definition) is 2. The number of benzene rings is 3. The quantitative estimate of drug-likeness (QED) is 0.437. The highest BCUT2D eigenvalue weighted by Crippen LogP contribution is 2.32. The molecule has 0 atom stereocenters. The Hall–Kier alpha value is -3.59. The van der Waals surface area contributed by atoms with Crippen LogP contribution in [-0.4, -0.2) is 20.5 Å². The zero-order chi connectivity index (χ0) is 21.0. The van der Waals surface area contributed by atoms with Gasteiger partial charge in [0.1, 0.15) is 5.75 Å². The fourth-order valence-electron chi connectivity index (χ4n) is 2.67. The largest absolute Gasteiger partial charge is 0.497 e. The Morgan fingerprint density at radius 1 is 0.966 bits per heavy atom. The van der Waals surface area contributed by atoms with Gasteiger partial charge in [0.15, 0.2) is 4.90 Å². The molecule has 0 bridgehead atoms. The normalized spacial score (nSPS) is 11.0. The molecule has 0 aliphatic rings. The molecule has 0 aromatic heterocycles. The van der Waals surface area contributed by atoms with Crippen molar-refractivity contribution in [2.24, 2.45) is 0 Å². The summed E-state index contributed by atoms with van der Waals surface area (Å²) in [4.78, 5) is 10.2. The Morgan fingerprint density at radius 2 is 1.62 bits per heavy atom. The molecule has 150 valence electrons. The fraction of sp³-hybridized carbons (Fsp3) is 0.100. The maximum absolute atomic E-state index is 12.9. The first-order valence-electron chi connectivity index (χ1n) is 8.58. The van der Waals surface area contributed by atoms with Crippen LogP contribution in [-0.2, 0) is 10.0 Å². The van der Waals surface area contributed by atoms with Gasteiger partial charge in [-0.25, -0.2) is 8.42 Å². The number of anilines is 3. The standard InChI is InChI=1S/C20H19N3O5S/c1-14-7-9-15(10-8-14)21-17-5-3-4-6-18(17)22-29(26,27)20-12-11-16(28-2)13-19(20)23(24)25/h3-13,21-22H,1-2H3. The van der Waals surface area contributed by atoms with Crippen LogP contribution in [0.25, 0.3) is 0 Å². The second-order valence-corrected chi connectivity index (χ2v) is 7.88. The molecule has 0 unspecified atom stereocenters. The van der Waals surface area contributed by atoms with Crippen molar-refractivity contribution in [2.75, 3.05) is 17.1 Å². The van der Waals surface area contributed by atoms with Crippen molar-refractivity contribution in [3.05, 3.63) is 82.4 Å². The molecule has 2 N–H and O–H groups in total. The van der Waals surface area contributed by atoms with Gasteiger partial charge in [0.05, 0.1) is 29.5 Å². The van der Waals surface area contributed by atoms with Gasteiger partial charge < -0.3 is 10.1 Å². The van der Waals surface area contributed by atoms with E-state index >= 15 is 0 Å². The zero-order valence-electron chi connectivity index (χ0n) is 15.7. The molecule has 9 heteroatoms. The summed E-state index contributed by atoms with van der Waals surface area (Å²) in [6.45, 7) is 1.97. The number of nitro benzene ring substituents is 1. The highest BCUT2D eigenvalue weighted by molar-refractivity contribution is 7.92. The molecule has 0 aliphatic heterocycles. The third-order valence-corrected chi connectivity index (χ3v) is 5.57. The van der Waals surface area contributed by atoms with Gasteiger partial charge in [-0.3, -0.25) is 14.8 Å². The summed E-state index contributed by atoms with van der Waals surface area (Å²) in [5.41, 5.74) is 2.07. The minimum atomic E-state index is -4.22. The van der Waals surface area contributed by atoms with Crippen molar-refractivity contribution < 1.29 is 18.1 Å². The molecule has 0 amide bonds. The highest BCUT2D eigenvalue weighted by Gasteiger charge is 2.27. The van der Waals surface area contributed by atoms with Gasteiger partial charge in [-0.15, -0.1) is 0 Å². The average molecular weight is 413 g/mol. The Bertz CT molecular complexity index is 1150. The summed E-state index contributed by atoms with van der Waals surface area (Å²) >= 11 is 0. The van der Waals surface area contributed by atoms with Crippen molar-refractivity contribution in [2.45, 2.75) is 11.8 Å². The van der Waals surface area contributed by atoms with E-state index in [1.165, 1.54) is 13.2 Å². The number of nitro groups is 1. The maximum Gasteiger partial charge on any atom is 0.293 e. The molecule has 0 heterocycles. The second-order valence-electron chi connectivity index (χ2n) is 6.23. The maximum atomic E-state index is 12.9. The van der Waals surface area contributed by atoms with Gasteiger partial charge in [-0.1, -0.05) is 29.8 Å². The molecule has 0 spiro atoms. The molecule has 3 aromatic carbocycles. The average Bonchev–Trinajstić information content (AvgIpc) is 2.70. The molecule has 0 saturated heterocycles. The van der Waals surface area contributed by atoms with E-state index in [-0.39, 0.29) is 11.4 Å². The molecule has 0 radical (unpaired) electrons. The van der Waals surface area contributed by atoms with Crippen molar-refractivity contribution in [1.82, 2.24) is 0 Å². The van der Waals surface area contributed by atoms with E-state index < -0.39 is 25.5 Å². The number of sulfonamides is 1. The molecule has 0 saturated carbocycles. The number of methoxy groups -OCH3 is 1. The van der Waals surface area contributed by atoms with Gasteiger partial charge in [0.25, 0.3) is 15.7 Å². The van der Waals surface area contributed by atoms with Gasteiger partial charge in [-0.2, -0.15) is 0 Å². The molecule has 0 fully saturated rings. The number of nitrogens with one attached hydrogen (secondary N) is 2. The van der Waals surface area contributed by atoms with Crippen LogP contribution >= 0.6 is 0 Å². The predicted molar refractivity (Wildman–Crippen MR) is 111 cm³/mol. The summed E-state index contributed by atoms with van der Waals surface area (Å²) in [5, 5.41) is 14.5. The van der Waals surface area contributed by atoms with Crippen molar-refractivity contribution >= 4 is 32.8 Å². The molecule has 3 rings (SSSR count). The van der Waals surface area contributed by atoms with Crippen LogP contribution in [0.5, 0.6) is 5.75 Å². The first-order chi connectivity index (χ1) is 13.8. The number of para-hydroxylation sites is 2. The van der Waals surface area contributed by atoms with Gasteiger partial charge in [-0.05, 0) is 43.3 Å². The highest BCUT2D eigenvalue weighted by atomic mass is 32.2. The number of rotatable bonds is 7.